The van der Waals surface area contributed by atoms with E-state index >= 15 is 0 Å². The van der Waals surface area contributed by atoms with Crippen LogP contribution in [0.4, 0.5) is 0 Å². The lowest BCUT2D eigenvalue weighted by Crippen LogP contribution is -2.23. The second-order valence-electron chi connectivity index (χ2n) is 4.58. The number of aryl methyl sites for hydroxylation is 1. The molecule has 1 atom stereocenters. The first-order valence-electron chi connectivity index (χ1n) is 5.85. The molecular formula is C12H23N3. The van der Waals surface area contributed by atoms with Gasteiger partial charge in [0.05, 0.1) is 6.20 Å². The Morgan fingerprint density at radius 1 is 1.47 bits per heavy atom. The van der Waals surface area contributed by atoms with Crippen LogP contribution in [0.25, 0.3) is 0 Å². The molecule has 0 spiro atoms. The predicted octanol–water partition coefficient (Wildman–Crippen LogP) is 2.51. The molecule has 1 N–H and O–H groups in total. The summed E-state index contributed by atoms with van der Waals surface area (Å²) in [4.78, 5) is 0. The highest BCUT2D eigenvalue weighted by atomic mass is 15.2. The predicted molar refractivity (Wildman–Crippen MR) is 63.7 cm³/mol. The summed E-state index contributed by atoms with van der Waals surface area (Å²) in [5, 5.41) is 7.81. The largest absolute Gasteiger partial charge is 0.310 e. The summed E-state index contributed by atoms with van der Waals surface area (Å²) in [7, 11) is 1.97. The van der Waals surface area contributed by atoms with Crippen LogP contribution in [0.3, 0.4) is 0 Å². The lowest BCUT2D eigenvalue weighted by Gasteiger charge is -2.19. The van der Waals surface area contributed by atoms with Gasteiger partial charge in [0.15, 0.2) is 0 Å². The monoisotopic (exact) mass is 209 g/mol. The van der Waals surface area contributed by atoms with E-state index in [9.17, 15) is 0 Å². The fourth-order valence-electron chi connectivity index (χ4n) is 1.75. The molecule has 3 heteroatoms. The van der Waals surface area contributed by atoms with Gasteiger partial charge >= 0.3 is 0 Å². The Balaban J connectivity index is 2.62. The maximum atomic E-state index is 4.23. The van der Waals surface area contributed by atoms with Crippen molar-refractivity contribution >= 4 is 0 Å². The molecule has 0 aliphatic rings. The number of nitrogens with one attached hydrogen (secondary N) is 1. The molecule has 1 aromatic rings. The minimum absolute atomic E-state index is 0.457. The molecule has 0 aromatic carbocycles. The van der Waals surface area contributed by atoms with Crippen LogP contribution in [-0.4, -0.2) is 16.3 Å². The van der Waals surface area contributed by atoms with Crippen molar-refractivity contribution in [3.63, 3.8) is 0 Å². The molecule has 3 nitrogen and oxygen atoms in total. The zero-order chi connectivity index (χ0) is 11.3. The van der Waals surface area contributed by atoms with Crippen LogP contribution in [0.1, 0.15) is 45.2 Å². The molecule has 0 aliphatic heterocycles. The highest BCUT2D eigenvalue weighted by molar-refractivity contribution is 5.10. The van der Waals surface area contributed by atoms with Crippen LogP contribution < -0.4 is 5.32 Å². The van der Waals surface area contributed by atoms with E-state index in [1.165, 1.54) is 18.4 Å². The second-order valence-corrected chi connectivity index (χ2v) is 4.58. The van der Waals surface area contributed by atoms with E-state index in [0.29, 0.717) is 12.0 Å². The van der Waals surface area contributed by atoms with Crippen molar-refractivity contribution in [1.82, 2.24) is 15.1 Å². The summed E-state index contributed by atoms with van der Waals surface area (Å²) >= 11 is 0. The minimum atomic E-state index is 0.457. The molecule has 0 amide bonds. The normalized spacial score (nSPS) is 13.4. The lowest BCUT2D eigenvalue weighted by atomic mass is 9.99. The minimum Gasteiger partial charge on any atom is -0.310 e. The van der Waals surface area contributed by atoms with Crippen molar-refractivity contribution in [2.75, 3.05) is 6.54 Å². The van der Waals surface area contributed by atoms with E-state index in [2.05, 4.69) is 37.4 Å². The van der Waals surface area contributed by atoms with E-state index in [1.54, 1.807) is 0 Å². The van der Waals surface area contributed by atoms with Crippen molar-refractivity contribution in [2.24, 2.45) is 13.0 Å². The average molecular weight is 209 g/mol. The third-order valence-electron chi connectivity index (χ3n) is 2.48. The smallest absolute Gasteiger partial charge is 0.0537 e. The van der Waals surface area contributed by atoms with Crippen LogP contribution in [-0.2, 0) is 7.05 Å². The standard InChI is InChI=1S/C12H23N3/c1-5-6-13-12(7-10(2)3)11-8-14-15(4)9-11/h8-10,12-13H,5-7H2,1-4H3. The Bertz CT molecular complexity index is 278. The Hall–Kier alpha value is -0.830. The van der Waals surface area contributed by atoms with Gasteiger partial charge < -0.3 is 5.32 Å². The zero-order valence-electron chi connectivity index (χ0n) is 10.3. The van der Waals surface area contributed by atoms with Gasteiger partial charge in [-0.25, -0.2) is 0 Å². The summed E-state index contributed by atoms with van der Waals surface area (Å²) < 4.78 is 1.87. The molecule has 86 valence electrons. The SMILES string of the molecule is CCCNC(CC(C)C)c1cnn(C)c1. The molecule has 0 saturated heterocycles. The average Bonchev–Trinajstić information content (AvgIpc) is 2.58. The van der Waals surface area contributed by atoms with Gasteiger partial charge in [0.1, 0.15) is 0 Å². The van der Waals surface area contributed by atoms with Gasteiger partial charge in [0, 0.05) is 24.8 Å². The number of aromatic nitrogens is 2. The van der Waals surface area contributed by atoms with Gasteiger partial charge in [-0.3, -0.25) is 4.68 Å². The van der Waals surface area contributed by atoms with Crippen LogP contribution >= 0.6 is 0 Å². The maximum Gasteiger partial charge on any atom is 0.0537 e. The summed E-state index contributed by atoms with van der Waals surface area (Å²) in [5.41, 5.74) is 1.31. The molecule has 1 heterocycles. The van der Waals surface area contributed by atoms with Crippen molar-refractivity contribution < 1.29 is 0 Å². The van der Waals surface area contributed by atoms with Gasteiger partial charge in [-0.15, -0.1) is 0 Å². The van der Waals surface area contributed by atoms with Crippen molar-refractivity contribution in [2.45, 2.75) is 39.7 Å². The molecule has 15 heavy (non-hydrogen) atoms. The van der Waals surface area contributed by atoms with Crippen LogP contribution in [0.2, 0.25) is 0 Å². The number of hydrogen-bond donors (Lipinski definition) is 1. The highest BCUT2D eigenvalue weighted by Gasteiger charge is 2.13. The molecule has 1 aromatic heterocycles. The first kappa shape index (κ1) is 12.2. The van der Waals surface area contributed by atoms with Gasteiger partial charge in [-0.05, 0) is 25.3 Å². The summed E-state index contributed by atoms with van der Waals surface area (Å²) in [6.07, 6.45) is 6.42. The third-order valence-corrected chi connectivity index (χ3v) is 2.48. The van der Waals surface area contributed by atoms with E-state index in [4.69, 9.17) is 0 Å². The molecule has 0 radical (unpaired) electrons. The van der Waals surface area contributed by atoms with E-state index in [1.807, 2.05) is 17.9 Å². The molecule has 0 fully saturated rings. The maximum absolute atomic E-state index is 4.23. The van der Waals surface area contributed by atoms with Crippen molar-refractivity contribution in [3.05, 3.63) is 18.0 Å². The Kier molecular flexibility index (Phi) is 4.82. The Morgan fingerprint density at radius 3 is 2.67 bits per heavy atom. The summed E-state index contributed by atoms with van der Waals surface area (Å²) in [6, 6.07) is 0.457. The van der Waals surface area contributed by atoms with Crippen molar-refractivity contribution in [3.8, 4) is 0 Å². The van der Waals surface area contributed by atoms with E-state index < -0.39 is 0 Å². The molecular weight excluding hydrogens is 186 g/mol. The molecule has 0 saturated carbocycles. The number of hydrogen-bond acceptors (Lipinski definition) is 2. The van der Waals surface area contributed by atoms with Crippen LogP contribution in [0.5, 0.6) is 0 Å². The Morgan fingerprint density at radius 2 is 2.20 bits per heavy atom. The first-order valence-corrected chi connectivity index (χ1v) is 5.85. The van der Waals surface area contributed by atoms with E-state index in [-0.39, 0.29) is 0 Å². The summed E-state index contributed by atoms with van der Waals surface area (Å²) in [6.45, 7) is 7.79. The highest BCUT2D eigenvalue weighted by Crippen LogP contribution is 2.20. The first-order chi connectivity index (χ1) is 7.13. The van der Waals surface area contributed by atoms with Gasteiger partial charge in [0.25, 0.3) is 0 Å². The molecule has 0 bridgehead atoms. The number of rotatable bonds is 6. The second kappa shape index (κ2) is 5.91. The van der Waals surface area contributed by atoms with Gasteiger partial charge in [-0.2, -0.15) is 5.10 Å². The van der Waals surface area contributed by atoms with Crippen LogP contribution in [0.15, 0.2) is 12.4 Å². The quantitative estimate of drug-likeness (QED) is 0.780. The summed E-state index contributed by atoms with van der Waals surface area (Å²) in [5.74, 6) is 0.708. The van der Waals surface area contributed by atoms with Gasteiger partial charge in [-0.1, -0.05) is 20.8 Å². The fraction of sp³-hybridized carbons (Fsp3) is 0.750. The lowest BCUT2D eigenvalue weighted by molar-refractivity contribution is 0.430. The molecule has 1 rings (SSSR count). The topological polar surface area (TPSA) is 29.9 Å². The number of nitrogens with zero attached hydrogens (tertiary/aromatic N) is 2. The Labute approximate surface area is 92.9 Å². The van der Waals surface area contributed by atoms with E-state index in [0.717, 1.165) is 6.54 Å². The fourth-order valence-corrected chi connectivity index (χ4v) is 1.75. The van der Waals surface area contributed by atoms with Crippen molar-refractivity contribution in [1.29, 1.82) is 0 Å². The van der Waals surface area contributed by atoms with Gasteiger partial charge in [0.2, 0.25) is 0 Å². The molecule has 0 aliphatic carbocycles. The third kappa shape index (κ3) is 4.04. The molecule has 1 unspecified atom stereocenters. The zero-order valence-corrected chi connectivity index (χ0v) is 10.3. The van der Waals surface area contributed by atoms with Crippen LogP contribution in [0, 0.1) is 5.92 Å².